The van der Waals surface area contributed by atoms with Crippen LogP contribution in [0.5, 0.6) is 0 Å². The number of carbonyl (C=O) groups is 1. The molecule has 146 valence electrons. The lowest BCUT2D eigenvalue weighted by atomic mass is 9.98. The minimum absolute atomic E-state index is 0.0193. The number of hydrogen-bond donors (Lipinski definition) is 1. The molecule has 1 aliphatic rings. The molecule has 1 aromatic carbocycles. The Labute approximate surface area is 156 Å². The van der Waals surface area contributed by atoms with Gasteiger partial charge in [-0.1, -0.05) is 49.6 Å². The van der Waals surface area contributed by atoms with Crippen LogP contribution in [0.25, 0.3) is 0 Å². The standard InChI is InChI=1S/C19H29NO5S/c1-16(20-19(21)24-15-17-10-4-2-5-11-17)9-8-14-26(22,23)25-18-12-6-3-7-13-18/h2,4-5,10-11,16,18H,3,6-9,12-15H2,1H3,(H,20,21)/t16-/m1/s1. The van der Waals surface area contributed by atoms with Crippen molar-refractivity contribution in [1.82, 2.24) is 5.32 Å². The molecule has 0 radical (unpaired) electrons. The molecule has 1 aliphatic carbocycles. The molecule has 0 unspecified atom stereocenters. The van der Waals surface area contributed by atoms with Gasteiger partial charge in [0.05, 0.1) is 11.9 Å². The quantitative estimate of drug-likeness (QED) is 0.657. The molecular formula is C19H29NO5S. The number of carbonyl (C=O) groups excluding carboxylic acids is 1. The SMILES string of the molecule is C[C@H](CCCS(=O)(=O)OC1CCCCC1)NC(=O)OCc1ccccc1. The number of alkyl carbamates (subject to hydrolysis) is 1. The third-order valence-corrected chi connectivity index (χ3v) is 5.80. The van der Waals surface area contributed by atoms with Gasteiger partial charge in [-0.2, -0.15) is 8.42 Å². The topological polar surface area (TPSA) is 81.7 Å². The fraction of sp³-hybridized carbons (Fsp3) is 0.632. The first-order chi connectivity index (χ1) is 12.4. The maximum atomic E-state index is 12.0. The minimum atomic E-state index is -3.50. The zero-order valence-electron chi connectivity index (χ0n) is 15.4. The summed E-state index contributed by atoms with van der Waals surface area (Å²) in [6.45, 7) is 2.04. The third kappa shape index (κ3) is 8.19. The Morgan fingerprint density at radius 3 is 2.58 bits per heavy atom. The van der Waals surface area contributed by atoms with Crippen molar-refractivity contribution in [2.75, 3.05) is 5.75 Å². The monoisotopic (exact) mass is 383 g/mol. The second-order valence-corrected chi connectivity index (χ2v) is 8.58. The van der Waals surface area contributed by atoms with Crippen LogP contribution in [0.2, 0.25) is 0 Å². The van der Waals surface area contributed by atoms with E-state index in [1.165, 1.54) is 0 Å². The average Bonchev–Trinajstić information content (AvgIpc) is 2.61. The van der Waals surface area contributed by atoms with Crippen molar-refractivity contribution in [3.63, 3.8) is 0 Å². The summed E-state index contributed by atoms with van der Waals surface area (Å²) < 4.78 is 34.5. The molecule has 0 aromatic heterocycles. The highest BCUT2D eigenvalue weighted by atomic mass is 32.2. The Morgan fingerprint density at radius 1 is 1.19 bits per heavy atom. The summed E-state index contributed by atoms with van der Waals surface area (Å²) in [5.41, 5.74) is 0.918. The van der Waals surface area contributed by atoms with Crippen LogP contribution in [0.3, 0.4) is 0 Å². The number of ether oxygens (including phenoxy) is 1. The summed E-state index contributed by atoms with van der Waals surface area (Å²) in [5.74, 6) is -0.0193. The van der Waals surface area contributed by atoms with Crippen LogP contribution < -0.4 is 5.32 Å². The second kappa shape index (κ2) is 10.5. The van der Waals surface area contributed by atoms with Gasteiger partial charge < -0.3 is 10.1 Å². The Hall–Kier alpha value is -1.60. The zero-order valence-corrected chi connectivity index (χ0v) is 16.2. The molecule has 0 aliphatic heterocycles. The van der Waals surface area contributed by atoms with Crippen LogP contribution in [-0.2, 0) is 25.6 Å². The summed E-state index contributed by atoms with van der Waals surface area (Å²) >= 11 is 0. The Bertz CT molecular complexity index is 641. The van der Waals surface area contributed by atoms with E-state index in [-0.39, 0.29) is 24.5 Å². The number of amides is 1. The van der Waals surface area contributed by atoms with Gasteiger partial charge in [-0.25, -0.2) is 4.79 Å². The van der Waals surface area contributed by atoms with E-state index in [1.54, 1.807) is 0 Å². The van der Waals surface area contributed by atoms with E-state index in [4.69, 9.17) is 8.92 Å². The van der Waals surface area contributed by atoms with Crippen molar-refractivity contribution in [2.45, 2.75) is 70.6 Å². The summed E-state index contributed by atoms with van der Waals surface area (Å²) in [7, 11) is -3.50. The lowest BCUT2D eigenvalue weighted by molar-refractivity contribution is 0.136. The molecule has 1 saturated carbocycles. The normalized spacial score (nSPS) is 16.8. The summed E-state index contributed by atoms with van der Waals surface area (Å²) in [6.07, 6.45) is 5.21. The number of hydrogen-bond acceptors (Lipinski definition) is 5. The molecule has 1 amide bonds. The molecule has 1 fully saturated rings. The summed E-state index contributed by atoms with van der Waals surface area (Å²) in [5, 5.41) is 2.72. The zero-order chi connectivity index (χ0) is 18.8. The van der Waals surface area contributed by atoms with Crippen molar-refractivity contribution in [1.29, 1.82) is 0 Å². The molecule has 0 saturated heterocycles. The fourth-order valence-corrected chi connectivity index (χ4v) is 4.24. The van der Waals surface area contributed by atoms with Crippen LogP contribution in [0, 0.1) is 0 Å². The van der Waals surface area contributed by atoms with Crippen LogP contribution in [0.4, 0.5) is 4.79 Å². The molecule has 1 aromatic rings. The molecule has 6 nitrogen and oxygen atoms in total. The Kier molecular flexibility index (Phi) is 8.38. The van der Waals surface area contributed by atoms with Gasteiger partial charge in [0.2, 0.25) is 0 Å². The van der Waals surface area contributed by atoms with Gasteiger partial charge in [0.15, 0.2) is 0 Å². The highest BCUT2D eigenvalue weighted by molar-refractivity contribution is 7.86. The lowest BCUT2D eigenvalue weighted by Gasteiger charge is -2.21. The van der Waals surface area contributed by atoms with Gasteiger partial charge in [0, 0.05) is 6.04 Å². The first kappa shape index (κ1) is 20.7. The maximum absolute atomic E-state index is 12.0. The van der Waals surface area contributed by atoms with Crippen molar-refractivity contribution in [3.05, 3.63) is 35.9 Å². The van der Waals surface area contributed by atoms with Crippen LogP contribution in [0.15, 0.2) is 30.3 Å². The van der Waals surface area contributed by atoms with E-state index in [9.17, 15) is 13.2 Å². The molecule has 26 heavy (non-hydrogen) atoms. The van der Waals surface area contributed by atoms with Gasteiger partial charge in [-0.05, 0) is 38.2 Å². The van der Waals surface area contributed by atoms with Crippen molar-refractivity contribution >= 4 is 16.2 Å². The molecule has 2 rings (SSSR count). The third-order valence-electron chi connectivity index (χ3n) is 4.44. The fourth-order valence-electron chi connectivity index (χ4n) is 3.02. The lowest BCUT2D eigenvalue weighted by Crippen LogP contribution is -2.33. The van der Waals surface area contributed by atoms with Crippen LogP contribution in [0.1, 0.15) is 57.4 Å². The van der Waals surface area contributed by atoms with Gasteiger partial charge in [-0.3, -0.25) is 4.18 Å². The van der Waals surface area contributed by atoms with Gasteiger partial charge in [0.1, 0.15) is 6.61 Å². The van der Waals surface area contributed by atoms with E-state index in [2.05, 4.69) is 5.32 Å². The molecule has 0 spiro atoms. The van der Waals surface area contributed by atoms with E-state index >= 15 is 0 Å². The van der Waals surface area contributed by atoms with E-state index in [0.29, 0.717) is 12.8 Å². The van der Waals surface area contributed by atoms with E-state index in [1.807, 2.05) is 37.3 Å². The molecular weight excluding hydrogens is 354 g/mol. The highest BCUT2D eigenvalue weighted by Crippen LogP contribution is 2.22. The largest absolute Gasteiger partial charge is 0.445 e. The molecule has 1 atom stereocenters. The van der Waals surface area contributed by atoms with Crippen molar-refractivity contribution in [2.24, 2.45) is 0 Å². The maximum Gasteiger partial charge on any atom is 0.407 e. The average molecular weight is 384 g/mol. The molecule has 1 N–H and O–H groups in total. The van der Waals surface area contributed by atoms with Gasteiger partial charge >= 0.3 is 6.09 Å². The minimum Gasteiger partial charge on any atom is -0.445 e. The first-order valence-electron chi connectivity index (χ1n) is 9.33. The van der Waals surface area contributed by atoms with Crippen molar-refractivity contribution < 1.29 is 22.1 Å². The molecule has 0 bridgehead atoms. The Balaban J connectivity index is 1.61. The van der Waals surface area contributed by atoms with Gasteiger partial charge in [0.25, 0.3) is 10.1 Å². The number of benzene rings is 1. The first-order valence-corrected chi connectivity index (χ1v) is 10.9. The Morgan fingerprint density at radius 2 is 1.88 bits per heavy atom. The smallest absolute Gasteiger partial charge is 0.407 e. The van der Waals surface area contributed by atoms with E-state index < -0.39 is 16.2 Å². The molecule has 7 heteroatoms. The van der Waals surface area contributed by atoms with Crippen molar-refractivity contribution in [3.8, 4) is 0 Å². The predicted molar refractivity (Wildman–Crippen MR) is 100 cm³/mol. The van der Waals surface area contributed by atoms with Crippen LogP contribution in [-0.4, -0.2) is 32.4 Å². The second-order valence-electron chi connectivity index (χ2n) is 6.87. The molecule has 0 heterocycles. The van der Waals surface area contributed by atoms with Crippen LogP contribution >= 0.6 is 0 Å². The number of rotatable bonds is 9. The van der Waals surface area contributed by atoms with Gasteiger partial charge in [-0.15, -0.1) is 0 Å². The summed E-state index contributed by atoms with van der Waals surface area (Å²) in [4.78, 5) is 11.8. The summed E-state index contributed by atoms with van der Waals surface area (Å²) in [6, 6.07) is 9.27. The predicted octanol–water partition coefficient (Wildman–Crippen LogP) is 3.76. The number of nitrogens with one attached hydrogen (secondary N) is 1. The highest BCUT2D eigenvalue weighted by Gasteiger charge is 2.21. The van der Waals surface area contributed by atoms with E-state index in [0.717, 1.165) is 37.7 Å².